The Bertz CT molecular complexity index is 719. The molecule has 0 spiro atoms. The van der Waals surface area contributed by atoms with Gasteiger partial charge in [-0.3, -0.25) is 10.2 Å². The first-order chi connectivity index (χ1) is 12.4. The second kappa shape index (κ2) is 8.05. The highest BCUT2D eigenvalue weighted by Crippen LogP contribution is 2.29. The maximum atomic E-state index is 12.6. The number of hydrogen-bond donors (Lipinski definition) is 1. The van der Waals surface area contributed by atoms with Crippen LogP contribution in [0.5, 0.6) is 0 Å². The van der Waals surface area contributed by atoms with Gasteiger partial charge in [-0.25, -0.2) is 9.78 Å². The molecule has 3 rings (SSSR count). The van der Waals surface area contributed by atoms with Gasteiger partial charge in [0.05, 0.1) is 5.56 Å². The Morgan fingerprint density at radius 2 is 1.92 bits per heavy atom. The van der Waals surface area contributed by atoms with Gasteiger partial charge < -0.3 is 4.90 Å². The van der Waals surface area contributed by atoms with Crippen LogP contribution in [0.2, 0.25) is 0 Å². The summed E-state index contributed by atoms with van der Waals surface area (Å²) in [4.78, 5) is 20.2. The largest absolute Gasteiger partial charge is 0.416 e. The summed E-state index contributed by atoms with van der Waals surface area (Å²) in [6, 6.07) is 5.08. The van der Waals surface area contributed by atoms with Crippen molar-refractivity contribution >= 4 is 22.5 Å². The lowest BCUT2D eigenvalue weighted by atomic mass is 10.1. The van der Waals surface area contributed by atoms with Gasteiger partial charge >= 0.3 is 12.2 Å². The Hall–Kier alpha value is -2.13. The van der Waals surface area contributed by atoms with E-state index >= 15 is 0 Å². The molecular weight excluding hydrogens is 365 g/mol. The number of nitrogens with one attached hydrogen (secondary N) is 1. The van der Waals surface area contributed by atoms with Gasteiger partial charge in [-0.1, -0.05) is 12.1 Å². The normalized spacial score (nSPS) is 16.3. The molecule has 0 unspecified atom stereocenters. The average molecular weight is 384 g/mol. The van der Waals surface area contributed by atoms with Crippen molar-refractivity contribution in [2.24, 2.45) is 0 Å². The molecule has 0 saturated carbocycles. The summed E-state index contributed by atoms with van der Waals surface area (Å²) in [6.45, 7) is 3.24. The molecule has 0 radical (unpaired) electrons. The molecule has 0 bridgehead atoms. The summed E-state index contributed by atoms with van der Waals surface area (Å²) < 4.78 is 37.9. The zero-order chi connectivity index (χ0) is 18.6. The molecule has 0 atom stereocenters. The van der Waals surface area contributed by atoms with Crippen molar-refractivity contribution in [1.82, 2.24) is 14.8 Å². The van der Waals surface area contributed by atoms with Crippen LogP contribution in [-0.4, -0.2) is 47.0 Å². The SMILES string of the molecule is O=C(Nc1nccs1)N1CCCN(Cc2ccc(C(F)(F)F)cc2)CC1. The van der Waals surface area contributed by atoms with Crippen molar-refractivity contribution in [1.29, 1.82) is 0 Å². The van der Waals surface area contributed by atoms with E-state index in [4.69, 9.17) is 0 Å². The van der Waals surface area contributed by atoms with Crippen molar-refractivity contribution in [2.45, 2.75) is 19.1 Å². The molecule has 26 heavy (non-hydrogen) atoms. The fourth-order valence-electron chi connectivity index (χ4n) is 2.85. The maximum Gasteiger partial charge on any atom is 0.416 e. The molecule has 1 aliphatic rings. The second-order valence-corrected chi connectivity index (χ2v) is 6.97. The van der Waals surface area contributed by atoms with Crippen molar-refractivity contribution in [3.8, 4) is 0 Å². The van der Waals surface area contributed by atoms with Crippen LogP contribution in [-0.2, 0) is 12.7 Å². The standard InChI is InChI=1S/C17H19F3N4OS/c18-17(19,20)14-4-2-13(3-5-14)12-23-7-1-8-24(10-9-23)16(25)22-15-21-6-11-26-15/h2-6,11H,1,7-10,12H2,(H,21,22,25). The van der Waals surface area contributed by atoms with E-state index in [1.54, 1.807) is 16.5 Å². The van der Waals surface area contributed by atoms with Crippen LogP contribution >= 0.6 is 11.3 Å². The molecule has 1 aliphatic heterocycles. The smallest absolute Gasteiger partial charge is 0.323 e. The summed E-state index contributed by atoms with van der Waals surface area (Å²) in [6.07, 6.45) is -1.87. The fourth-order valence-corrected chi connectivity index (χ4v) is 3.36. The van der Waals surface area contributed by atoms with Gasteiger partial charge in [0.25, 0.3) is 0 Å². The van der Waals surface area contributed by atoms with E-state index < -0.39 is 11.7 Å². The predicted molar refractivity (Wildman–Crippen MR) is 94.0 cm³/mol. The quantitative estimate of drug-likeness (QED) is 0.873. The molecule has 2 amide bonds. The molecule has 9 heteroatoms. The number of amides is 2. The number of aromatic nitrogens is 1. The number of hydrogen-bond acceptors (Lipinski definition) is 4. The maximum absolute atomic E-state index is 12.6. The van der Waals surface area contributed by atoms with Gasteiger partial charge in [-0.05, 0) is 24.1 Å². The summed E-state index contributed by atoms with van der Waals surface area (Å²) in [7, 11) is 0. The number of alkyl halides is 3. The molecule has 1 aromatic heterocycles. The molecule has 2 heterocycles. The highest BCUT2D eigenvalue weighted by Gasteiger charge is 2.30. The van der Waals surface area contributed by atoms with Crippen molar-refractivity contribution < 1.29 is 18.0 Å². The minimum atomic E-state index is -4.31. The van der Waals surface area contributed by atoms with E-state index in [9.17, 15) is 18.0 Å². The molecule has 140 valence electrons. The zero-order valence-electron chi connectivity index (χ0n) is 14.0. The summed E-state index contributed by atoms with van der Waals surface area (Å²) in [5, 5.41) is 5.14. The number of thiazole rings is 1. The Kier molecular flexibility index (Phi) is 5.77. The Morgan fingerprint density at radius 3 is 2.58 bits per heavy atom. The van der Waals surface area contributed by atoms with E-state index in [0.717, 1.165) is 30.7 Å². The topological polar surface area (TPSA) is 48.5 Å². The van der Waals surface area contributed by atoms with E-state index in [2.05, 4.69) is 15.2 Å². The number of anilines is 1. The monoisotopic (exact) mass is 384 g/mol. The Morgan fingerprint density at radius 1 is 1.15 bits per heavy atom. The van der Waals surface area contributed by atoms with E-state index in [1.807, 2.05) is 0 Å². The van der Waals surface area contributed by atoms with Crippen LogP contribution in [0.1, 0.15) is 17.5 Å². The highest BCUT2D eigenvalue weighted by atomic mass is 32.1. The molecule has 1 aromatic carbocycles. The third-order valence-electron chi connectivity index (χ3n) is 4.21. The Labute approximate surface area is 153 Å². The Balaban J connectivity index is 1.53. The number of carbonyl (C=O) groups is 1. The van der Waals surface area contributed by atoms with Crippen LogP contribution < -0.4 is 5.32 Å². The third-order valence-corrected chi connectivity index (χ3v) is 4.90. The first kappa shape index (κ1) is 18.7. The van der Waals surface area contributed by atoms with Gasteiger partial charge in [0.2, 0.25) is 0 Å². The van der Waals surface area contributed by atoms with E-state index in [-0.39, 0.29) is 6.03 Å². The molecule has 5 nitrogen and oxygen atoms in total. The number of rotatable bonds is 3. The number of halogens is 3. The zero-order valence-corrected chi connectivity index (χ0v) is 14.8. The number of carbonyl (C=O) groups excluding carboxylic acids is 1. The van der Waals surface area contributed by atoms with Crippen LogP contribution in [0.15, 0.2) is 35.8 Å². The van der Waals surface area contributed by atoms with Crippen molar-refractivity contribution in [3.05, 3.63) is 47.0 Å². The third kappa shape index (κ3) is 4.95. The minimum Gasteiger partial charge on any atom is -0.323 e. The van der Waals surface area contributed by atoms with Gasteiger partial charge in [0, 0.05) is 44.3 Å². The minimum absolute atomic E-state index is 0.170. The van der Waals surface area contributed by atoms with E-state index in [0.29, 0.717) is 31.3 Å². The molecule has 1 N–H and O–H groups in total. The van der Waals surface area contributed by atoms with Gasteiger partial charge in [0.15, 0.2) is 5.13 Å². The number of urea groups is 1. The van der Waals surface area contributed by atoms with Gasteiger partial charge in [-0.2, -0.15) is 13.2 Å². The van der Waals surface area contributed by atoms with Crippen molar-refractivity contribution in [3.63, 3.8) is 0 Å². The molecule has 1 fully saturated rings. The molecule has 1 saturated heterocycles. The average Bonchev–Trinajstić information content (AvgIpc) is 2.99. The highest BCUT2D eigenvalue weighted by molar-refractivity contribution is 7.13. The summed E-state index contributed by atoms with van der Waals surface area (Å²) >= 11 is 1.37. The van der Waals surface area contributed by atoms with Crippen LogP contribution in [0.3, 0.4) is 0 Å². The first-order valence-electron chi connectivity index (χ1n) is 8.26. The first-order valence-corrected chi connectivity index (χ1v) is 9.14. The molecule has 2 aromatic rings. The molecule has 0 aliphatic carbocycles. The van der Waals surface area contributed by atoms with E-state index in [1.165, 1.54) is 23.5 Å². The van der Waals surface area contributed by atoms with Gasteiger partial charge in [-0.15, -0.1) is 11.3 Å². The molecular formula is C17H19F3N4OS. The summed E-state index contributed by atoms with van der Waals surface area (Å²) in [5.74, 6) is 0. The van der Waals surface area contributed by atoms with Crippen LogP contribution in [0, 0.1) is 0 Å². The van der Waals surface area contributed by atoms with Gasteiger partial charge in [0.1, 0.15) is 0 Å². The summed E-state index contributed by atoms with van der Waals surface area (Å²) in [5.41, 5.74) is 0.195. The number of benzene rings is 1. The lowest BCUT2D eigenvalue weighted by molar-refractivity contribution is -0.137. The van der Waals surface area contributed by atoms with Crippen LogP contribution in [0.25, 0.3) is 0 Å². The lowest BCUT2D eigenvalue weighted by Crippen LogP contribution is -2.38. The number of nitrogens with zero attached hydrogens (tertiary/aromatic N) is 3. The fraction of sp³-hybridized carbons (Fsp3) is 0.412. The predicted octanol–water partition coefficient (Wildman–Crippen LogP) is 3.90. The van der Waals surface area contributed by atoms with Crippen LogP contribution in [0.4, 0.5) is 23.1 Å². The van der Waals surface area contributed by atoms with Crippen molar-refractivity contribution in [2.75, 3.05) is 31.5 Å². The lowest BCUT2D eigenvalue weighted by Gasteiger charge is -2.22. The second-order valence-electron chi connectivity index (χ2n) is 6.08.